The van der Waals surface area contributed by atoms with E-state index in [4.69, 9.17) is 0 Å². The molecule has 0 atom stereocenters. The molecule has 1 saturated carbocycles. The predicted molar refractivity (Wildman–Crippen MR) is 84.0 cm³/mol. The van der Waals surface area contributed by atoms with Crippen LogP contribution in [0.4, 0.5) is 5.69 Å². The number of carbonyl (C=O) groups excluding carboxylic acids is 1. The van der Waals surface area contributed by atoms with E-state index in [1.807, 2.05) is 42.2 Å². The molecule has 0 spiro atoms. The molecule has 3 heteroatoms. The van der Waals surface area contributed by atoms with E-state index in [9.17, 15) is 4.79 Å². The first kappa shape index (κ1) is 15.0. The Morgan fingerprint density at radius 3 is 2.40 bits per heavy atom. The Morgan fingerprint density at radius 2 is 1.80 bits per heavy atom. The largest absolute Gasteiger partial charge is 0.312 e. The van der Waals surface area contributed by atoms with Crippen molar-refractivity contribution >= 4 is 11.6 Å². The van der Waals surface area contributed by atoms with Crippen LogP contribution in [0, 0.1) is 0 Å². The van der Waals surface area contributed by atoms with Crippen LogP contribution < -0.4 is 4.90 Å². The normalized spacial score (nSPS) is 16.4. The highest BCUT2D eigenvalue weighted by molar-refractivity contribution is 5.94. The second-order valence-electron chi connectivity index (χ2n) is 5.68. The van der Waals surface area contributed by atoms with Crippen LogP contribution in [0.5, 0.6) is 0 Å². The highest BCUT2D eigenvalue weighted by Crippen LogP contribution is 2.22. The van der Waals surface area contributed by atoms with Crippen molar-refractivity contribution in [1.82, 2.24) is 4.90 Å². The van der Waals surface area contributed by atoms with Crippen LogP contribution >= 0.6 is 0 Å². The van der Waals surface area contributed by atoms with Crippen LogP contribution in [0.1, 0.15) is 39.0 Å². The Hall–Kier alpha value is -1.35. The summed E-state index contributed by atoms with van der Waals surface area (Å²) in [6, 6.07) is 10.5. The lowest BCUT2D eigenvalue weighted by molar-refractivity contribution is -0.120. The number of anilines is 1. The average Bonchev–Trinajstić information content (AvgIpc) is 2.50. The third-order valence-electron chi connectivity index (χ3n) is 4.27. The van der Waals surface area contributed by atoms with E-state index >= 15 is 0 Å². The first-order valence-electron chi connectivity index (χ1n) is 7.78. The number of carbonyl (C=O) groups is 1. The van der Waals surface area contributed by atoms with Gasteiger partial charge in [-0.1, -0.05) is 37.5 Å². The highest BCUT2D eigenvalue weighted by atomic mass is 16.2. The quantitative estimate of drug-likeness (QED) is 0.822. The van der Waals surface area contributed by atoms with E-state index in [-0.39, 0.29) is 5.91 Å². The van der Waals surface area contributed by atoms with Crippen LogP contribution in [-0.4, -0.2) is 37.0 Å². The molecule has 20 heavy (non-hydrogen) atoms. The Kier molecular flexibility index (Phi) is 5.60. The van der Waals surface area contributed by atoms with Gasteiger partial charge >= 0.3 is 0 Å². The Bertz CT molecular complexity index is 412. The van der Waals surface area contributed by atoms with E-state index in [2.05, 4.69) is 11.9 Å². The molecule has 0 N–H and O–H groups in total. The Labute approximate surface area is 122 Å². The second-order valence-corrected chi connectivity index (χ2v) is 5.68. The fraction of sp³-hybridized carbons (Fsp3) is 0.588. The Morgan fingerprint density at radius 1 is 1.15 bits per heavy atom. The lowest BCUT2D eigenvalue weighted by atomic mass is 9.94. The summed E-state index contributed by atoms with van der Waals surface area (Å²) in [5, 5.41) is 0. The third kappa shape index (κ3) is 3.83. The average molecular weight is 274 g/mol. The summed E-state index contributed by atoms with van der Waals surface area (Å²) in [6.45, 7) is 3.28. The molecule has 1 fully saturated rings. The fourth-order valence-corrected chi connectivity index (χ4v) is 3.06. The van der Waals surface area contributed by atoms with E-state index in [0.29, 0.717) is 12.6 Å². The second kappa shape index (κ2) is 7.44. The number of rotatable bonds is 5. The molecule has 1 aromatic rings. The monoisotopic (exact) mass is 274 g/mol. The maximum absolute atomic E-state index is 12.5. The van der Waals surface area contributed by atoms with Gasteiger partial charge in [0.05, 0.1) is 6.54 Å². The number of para-hydroxylation sites is 1. The minimum Gasteiger partial charge on any atom is -0.312 e. The first-order valence-corrected chi connectivity index (χ1v) is 7.78. The zero-order valence-electron chi connectivity index (χ0n) is 12.7. The van der Waals surface area contributed by atoms with Crippen molar-refractivity contribution in [3.63, 3.8) is 0 Å². The van der Waals surface area contributed by atoms with Crippen molar-refractivity contribution in [3.8, 4) is 0 Å². The summed E-state index contributed by atoms with van der Waals surface area (Å²) >= 11 is 0. The van der Waals surface area contributed by atoms with E-state index in [0.717, 1.165) is 12.2 Å². The molecule has 0 aromatic heterocycles. The van der Waals surface area contributed by atoms with Crippen LogP contribution in [0.2, 0.25) is 0 Å². The molecule has 0 bridgehead atoms. The maximum atomic E-state index is 12.5. The number of likely N-dealkylation sites (N-methyl/N-ethyl adjacent to an activating group) is 2. The number of amides is 1. The van der Waals surface area contributed by atoms with Gasteiger partial charge in [0.2, 0.25) is 5.91 Å². The van der Waals surface area contributed by atoms with Crippen molar-refractivity contribution in [1.29, 1.82) is 0 Å². The minimum atomic E-state index is 0.201. The van der Waals surface area contributed by atoms with Crippen LogP contribution in [0.3, 0.4) is 0 Å². The van der Waals surface area contributed by atoms with Gasteiger partial charge in [0.25, 0.3) is 0 Å². The molecular formula is C17H26N2O. The first-order chi connectivity index (χ1) is 9.72. The summed E-state index contributed by atoms with van der Waals surface area (Å²) < 4.78 is 0. The molecule has 110 valence electrons. The zero-order valence-corrected chi connectivity index (χ0v) is 12.7. The summed E-state index contributed by atoms with van der Waals surface area (Å²) in [5.41, 5.74) is 0.997. The summed E-state index contributed by atoms with van der Waals surface area (Å²) in [6.07, 6.45) is 6.44. The van der Waals surface area contributed by atoms with Gasteiger partial charge in [-0.3, -0.25) is 9.69 Å². The molecular weight excluding hydrogens is 248 g/mol. The van der Waals surface area contributed by atoms with Gasteiger partial charge < -0.3 is 4.90 Å². The number of benzene rings is 1. The molecule has 0 unspecified atom stereocenters. The van der Waals surface area contributed by atoms with Crippen molar-refractivity contribution < 1.29 is 4.79 Å². The summed E-state index contributed by atoms with van der Waals surface area (Å²) in [4.78, 5) is 16.6. The van der Waals surface area contributed by atoms with Gasteiger partial charge in [-0.15, -0.1) is 0 Å². The third-order valence-corrected chi connectivity index (χ3v) is 4.27. The number of hydrogen-bond donors (Lipinski definition) is 0. The minimum absolute atomic E-state index is 0.201. The van der Waals surface area contributed by atoms with E-state index in [1.165, 1.54) is 32.1 Å². The summed E-state index contributed by atoms with van der Waals surface area (Å²) in [7, 11) is 2.09. The van der Waals surface area contributed by atoms with Gasteiger partial charge in [0, 0.05) is 18.3 Å². The molecule has 1 amide bonds. The molecule has 0 aliphatic heterocycles. The van der Waals surface area contributed by atoms with Crippen LogP contribution in [0.15, 0.2) is 30.3 Å². The zero-order chi connectivity index (χ0) is 14.4. The van der Waals surface area contributed by atoms with Gasteiger partial charge in [-0.05, 0) is 38.9 Å². The van der Waals surface area contributed by atoms with Gasteiger partial charge in [-0.25, -0.2) is 0 Å². The van der Waals surface area contributed by atoms with Gasteiger partial charge in [0.1, 0.15) is 0 Å². The van der Waals surface area contributed by atoms with E-state index in [1.54, 1.807) is 0 Å². The fourth-order valence-electron chi connectivity index (χ4n) is 3.06. The predicted octanol–water partition coefficient (Wildman–Crippen LogP) is 3.30. The van der Waals surface area contributed by atoms with E-state index < -0.39 is 0 Å². The molecule has 0 radical (unpaired) electrons. The highest BCUT2D eigenvalue weighted by Gasteiger charge is 2.22. The SMILES string of the molecule is CCN(C(=O)CN(C)C1CCCCC1)c1ccccc1. The van der Waals surface area contributed by atoms with Crippen LogP contribution in [0.25, 0.3) is 0 Å². The molecule has 1 aromatic carbocycles. The topological polar surface area (TPSA) is 23.6 Å². The molecule has 1 aliphatic carbocycles. The van der Waals surface area contributed by atoms with Crippen LogP contribution in [-0.2, 0) is 4.79 Å². The number of nitrogens with zero attached hydrogens (tertiary/aromatic N) is 2. The lowest BCUT2D eigenvalue weighted by Gasteiger charge is -2.32. The van der Waals surface area contributed by atoms with Gasteiger partial charge in [-0.2, -0.15) is 0 Å². The van der Waals surface area contributed by atoms with Crippen molar-refractivity contribution in [2.45, 2.75) is 45.1 Å². The van der Waals surface area contributed by atoms with Crippen molar-refractivity contribution in [3.05, 3.63) is 30.3 Å². The smallest absolute Gasteiger partial charge is 0.241 e. The Balaban J connectivity index is 1.95. The standard InChI is InChI=1S/C17H26N2O/c1-3-19(16-12-8-5-9-13-16)17(20)14-18(2)15-10-6-4-7-11-15/h5,8-9,12-13,15H,3-4,6-7,10-11,14H2,1-2H3. The summed E-state index contributed by atoms with van der Waals surface area (Å²) in [5.74, 6) is 0.201. The molecule has 3 nitrogen and oxygen atoms in total. The lowest BCUT2D eigenvalue weighted by Crippen LogP contribution is -2.43. The molecule has 1 aliphatic rings. The molecule has 0 saturated heterocycles. The van der Waals surface area contributed by atoms with Gasteiger partial charge in [0.15, 0.2) is 0 Å². The molecule has 0 heterocycles. The number of hydrogen-bond acceptors (Lipinski definition) is 2. The maximum Gasteiger partial charge on any atom is 0.241 e. The van der Waals surface area contributed by atoms with Crippen molar-refractivity contribution in [2.24, 2.45) is 0 Å². The van der Waals surface area contributed by atoms with Crippen molar-refractivity contribution in [2.75, 3.05) is 25.0 Å². The molecule has 2 rings (SSSR count).